The van der Waals surface area contributed by atoms with Gasteiger partial charge >= 0.3 is 0 Å². The lowest BCUT2D eigenvalue weighted by atomic mass is 10.1. The van der Waals surface area contributed by atoms with Gasteiger partial charge in [0.2, 0.25) is 5.88 Å². The number of methoxy groups -OCH3 is 1. The fraction of sp³-hybridized carbons (Fsp3) is 0.250. The van der Waals surface area contributed by atoms with E-state index in [4.69, 9.17) is 4.74 Å². The predicted molar refractivity (Wildman–Crippen MR) is 60.8 cm³/mol. The fourth-order valence-corrected chi connectivity index (χ4v) is 1.53. The highest BCUT2D eigenvalue weighted by Crippen LogP contribution is 2.23. The van der Waals surface area contributed by atoms with Crippen molar-refractivity contribution in [1.82, 2.24) is 9.97 Å². The standard InChI is InChI=1S/C12H12N2O2/c1-7-4-5-10-9(6-7)12(16-3)14-11(13-10)8(2)15/h4-6H,1-3H3. The number of carbonyl (C=O) groups is 1. The van der Waals surface area contributed by atoms with Crippen LogP contribution in [0.15, 0.2) is 18.2 Å². The van der Waals surface area contributed by atoms with Gasteiger partial charge in [0.05, 0.1) is 18.0 Å². The highest BCUT2D eigenvalue weighted by molar-refractivity contribution is 5.94. The summed E-state index contributed by atoms with van der Waals surface area (Å²) in [7, 11) is 1.54. The zero-order valence-corrected chi connectivity index (χ0v) is 9.44. The van der Waals surface area contributed by atoms with Gasteiger partial charge in [-0.1, -0.05) is 11.6 Å². The lowest BCUT2D eigenvalue weighted by Gasteiger charge is -2.06. The number of hydrogen-bond acceptors (Lipinski definition) is 4. The molecule has 0 radical (unpaired) electrons. The zero-order chi connectivity index (χ0) is 11.7. The van der Waals surface area contributed by atoms with Crippen LogP contribution in [0.2, 0.25) is 0 Å². The van der Waals surface area contributed by atoms with Gasteiger partial charge in [-0.3, -0.25) is 4.79 Å². The minimum absolute atomic E-state index is 0.166. The monoisotopic (exact) mass is 216 g/mol. The second-order valence-corrected chi connectivity index (χ2v) is 3.63. The van der Waals surface area contributed by atoms with E-state index in [1.807, 2.05) is 25.1 Å². The van der Waals surface area contributed by atoms with Crippen molar-refractivity contribution in [2.75, 3.05) is 7.11 Å². The van der Waals surface area contributed by atoms with Crippen LogP contribution in [0.5, 0.6) is 5.88 Å². The van der Waals surface area contributed by atoms with E-state index in [-0.39, 0.29) is 11.6 Å². The van der Waals surface area contributed by atoms with Gasteiger partial charge in [0, 0.05) is 6.92 Å². The normalized spacial score (nSPS) is 10.4. The van der Waals surface area contributed by atoms with Crippen LogP contribution in [0.25, 0.3) is 10.9 Å². The molecule has 2 rings (SSSR count). The summed E-state index contributed by atoms with van der Waals surface area (Å²) in [5.41, 5.74) is 1.83. The van der Waals surface area contributed by atoms with Crippen LogP contribution in [0.3, 0.4) is 0 Å². The average molecular weight is 216 g/mol. The Morgan fingerprint density at radius 2 is 2.06 bits per heavy atom. The van der Waals surface area contributed by atoms with Crippen LogP contribution in [-0.2, 0) is 0 Å². The fourth-order valence-electron chi connectivity index (χ4n) is 1.53. The molecule has 0 N–H and O–H groups in total. The van der Waals surface area contributed by atoms with E-state index in [2.05, 4.69) is 9.97 Å². The number of fused-ring (bicyclic) bond motifs is 1. The largest absolute Gasteiger partial charge is 0.480 e. The summed E-state index contributed by atoms with van der Waals surface area (Å²) in [6, 6.07) is 5.75. The number of aryl methyl sites for hydroxylation is 1. The molecule has 0 aliphatic carbocycles. The van der Waals surface area contributed by atoms with Crippen molar-refractivity contribution in [2.45, 2.75) is 13.8 Å². The molecule has 0 bridgehead atoms. The second-order valence-electron chi connectivity index (χ2n) is 3.63. The maximum absolute atomic E-state index is 11.2. The zero-order valence-electron chi connectivity index (χ0n) is 9.44. The van der Waals surface area contributed by atoms with Crippen molar-refractivity contribution in [3.63, 3.8) is 0 Å². The molecule has 4 nitrogen and oxygen atoms in total. The van der Waals surface area contributed by atoms with Gasteiger partial charge < -0.3 is 4.74 Å². The Morgan fingerprint density at radius 3 is 2.69 bits per heavy atom. The Hall–Kier alpha value is -1.97. The molecule has 0 fully saturated rings. The maximum Gasteiger partial charge on any atom is 0.224 e. The van der Waals surface area contributed by atoms with Crippen LogP contribution < -0.4 is 4.74 Å². The summed E-state index contributed by atoms with van der Waals surface area (Å²) < 4.78 is 5.17. The Balaban J connectivity index is 2.78. The molecule has 2 aromatic rings. The third kappa shape index (κ3) is 1.74. The van der Waals surface area contributed by atoms with E-state index in [1.165, 1.54) is 14.0 Å². The van der Waals surface area contributed by atoms with Crippen LogP contribution in [0, 0.1) is 6.92 Å². The van der Waals surface area contributed by atoms with E-state index < -0.39 is 0 Å². The van der Waals surface area contributed by atoms with Gasteiger partial charge in [-0.15, -0.1) is 0 Å². The predicted octanol–water partition coefficient (Wildman–Crippen LogP) is 2.15. The molecule has 0 saturated carbocycles. The Bertz CT molecular complexity index is 564. The van der Waals surface area contributed by atoms with Crippen LogP contribution in [0.1, 0.15) is 23.1 Å². The van der Waals surface area contributed by atoms with Gasteiger partial charge in [0.15, 0.2) is 11.6 Å². The number of aromatic nitrogens is 2. The van der Waals surface area contributed by atoms with E-state index in [0.29, 0.717) is 5.88 Å². The molecule has 1 heterocycles. The lowest BCUT2D eigenvalue weighted by molar-refractivity contribution is 0.100. The first kappa shape index (κ1) is 10.5. The first-order valence-electron chi connectivity index (χ1n) is 4.95. The Labute approximate surface area is 93.3 Å². The smallest absolute Gasteiger partial charge is 0.224 e. The lowest BCUT2D eigenvalue weighted by Crippen LogP contribution is -2.03. The van der Waals surface area contributed by atoms with Crippen molar-refractivity contribution in [1.29, 1.82) is 0 Å². The van der Waals surface area contributed by atoms with Gasteiger partial charge in [-0.05, 0) is 19.1 Å². The molecule has 16 heavy (non-hydrogen) atoms. The molecule has 1 aromatic carbocycles. The number of benzene rings is 1. The number of nitrogens with zero attached hydrogens (tertiary/aromatic N) is 2. The molecule has 82 valence electrons. The van der Waals surface area contributed by atoms with Crippen molar-refractivity contribution in [3.05, 3.63) is 29.6 Å². The highest BCUT2D eigenvalue weighted by atomic mass is 16.5. The molecule has 0 amide bonds. The SMILES string of the molecule is COc1nc(C(C)=O)nc2ccc(C)cc12. The quantitative estimate of drug-likeness (QED) is 0.722. The first-order valence-corrected chi connectivity index (χ1v) is 4.95. The van der Waals surface area contributed by atoms with Gasteiger partial charge in [-0.2, -0.15) is 4.98 Å². The van der Waals surface area contributed by atoms with E-state index in [9.17, 15) is 4.79 Å². The molecule has 0 unspecified atom stereocenters. The van der Waals surface area contributed by atoms with Crippen molar-refractivity contribution in [3.8, 4) is 5.88 Å². The van der Waals surface area contributed by atoms with E-state index >= 15 is 0 Å². The number of rotatable bonds is 2. The minimum Gasteiger partial charge on any atom is -0.480 e. The molecule has 0 aliphatic heterocycles. The number of carbonyl (C=O) groups excluding carboxylic acids is 1. The summed E-state index contributed by atoms with van der Waals surface area (Å²) in [5, 5.41) is 0.826. The van der Waals surface area contributed by atoms with Gasteiger partial charge in [0.25, 0.3) is 0 Å². The minimum atomic E-state index is -0.166. The second kappa shape index (κ2) is 3.89. The summed E-state index contributed by atoms with van der Waals surface area (Å²) in [5.74, 6) is 0.466. The first-order chi connectivity index (χ1) is 7.61. The number of Topliss-reactive ketones (excluding diaryl/α,β-unsaturated/α-hetero) is 1. The third-order valence-corrected chi connectivity index (χ3v) is 2.32. The maximum atomic E-state index is 11.2. The molecule has 0 aliphatic rings. The molecule has 4 heteroatoms. The van der Waals surface area contributed by atoms with Crippen molar-refractivity contribution in [2.24, 2.45) is 0 Å². The van der Waals surface area contributed by atoms with Gasteiger partial charge in [-0.25, -0.2) is 4.98 Å². The summed E-state index contributed by atoms with van der Waals surface area (Å²) in [6.07, 6.45) is 0. The average Bonchev–Trinajstić information content (AvgIpc) is 2.27. The molecular formula is C12H12N2O2. The summed E-state index contributed by atoms with van der Waals surface area (Å²) in [4.78, 5) is 19.5. The highest BCUT2D eigenvalue weighted by Gasteiger charge is 2.10. The van der Waals surface area contributed by atoms with Gasteiger partial charge in [0.1, 0.15) is 0 Å². The Kier molecular flexibility index (Phi) is 2.56. The number of ether oxygens (including phenoxy) is 1. The summed E-state index contributed by atoms with van der Waals surface area (Å²) >= 11 is 0. The number of hydrogen-bond donors (Lipinski definition) is 0. The van der Waals surface area contributed by atoms with Crippen molar-refractivity contribution < 1.29 is 9.53 Å². The summed E-state index contributed by atoms with van der Waals surface area (Å²) in [6.45, 7) is 3.42. The van der Waals surface area contributed by atoms with Crippen molar-refractivity contribution >= 4 is 16.7 Å². The Morgan fingerprint density at radius 1 is 1.31 bits per heavy atom. The molecular weight excluding hydrogens is 204 g/mol. The molecule has 0 saturated heterocycles. The van der Waals surface area contributed by atoms with E-state index in [0.717, 1.165) is 16.5 Å². The molecule has 1 aromatic heterocycles. The third-order valence-electron chi connectivity index (χ3n) is 2.32. The molecule has 0 atom stereocenters. The van der Waals surface area contributed by atoms with Crippen LogP contribution in [0.4, 0.5) is 0 Å². The topological polar surface area (TPSA) is 52.1 Å². The van der Waals surface area contributed by atoms with E-state index in [1.54, 1.807) is 0 Å². The molecule has 0 spiro atoms. The number of ketones is 1. The van der Waals surface area contributed by atoms with Crippen LogP contribution >= 0.6 is 0 Å². The van der Waals surface area contributed by atoms with Crippen LogP contribution in [-0.4, -0.2) is 22.9 Å².